The van der Waals surface area contributed by atoms with Crippen molar-refractivity contribution in [2.75, 3.05) is 0 Å². The quantitative estimate of drug-likeness (QED) is 0.738. The Labute approximate surface area is 120 Å². The Morgan fingerprint density at radius 1 is 1.26 bits per heavy atom. The first-order valence-corrected chi connectivity index (χ1v) is 7.40. The summed E-state index contributed by atoms with van der Waals surface area (Å²) < 4.78 is 2.89. The smallest absolute Gasteiger partial charge is 0.177 e. The Bertz CT molecular complexity index is 696. The summed E-state index contributed by atoms with van der Waals surface area (Å²) in [6.45, 7) is 0.844. The average Bonchev–Trinajstić information content (AvgIpc) is 3.07. The standard InChI is InChI=1S/C14H13N3S2/c18-14-15-8-13(11-4-2-1-3-5-11)17(14)7-6-12-9-19-10-16-12/h1-5,8-10H,6-7H2,(H,15,18). The van der Waals surface area contributed by atoms with Crippen LogP contribution in [0.15, 0.2) is 47.4 Å². The molecule has 3 rings (SSSR count). The average molecular weight is 287 g/mol. The molecule has 0 saturated heterocycles. The highest BCUT2D eigenvalue weighted by atomic mass is 32.1. The highest BCUT2D eigenvalue weighted by Crippen LogP contribution is 2.19. The Hall–Kier alpha value is -1.72. The number of aryl methyl sites for hydroxylation is 1. The molecule has 0 spiro atoms. The topological polar surface area (TPSA) is 33.6 Å². The zero-order valence-corrected chi connectivity index (χ0v) is 11.9. The molecule has 0 fully saturated rings. The van der Waals surface area contributed by atoms with Crippen LogP contribution in [0.1, 0.15) is 5.69 Å². The second-order valence-corrected chi connectivity index (χ2v) is 5.33. The number of aromatic nitrogens is 3. The second kappa shape index (κ2) is 5.50. The van der Waals surface area contributed by atoms with Gasteiger partial charge in [0.25, 0.3) is 0 Å². The van der Waals surface area contributed by atoms with Crippen LogP contribution in [0, 0.1) is 4.77 Å². The van der Waals surface area contributed by atoms with E-state index in [1.54, 1.807) is 11.3 Å². The van der Waals surface area contributed by atoms with E-state index in [1.807, 2.05) is 29.9 Å². The van der Waals surface area contributed by atoms with Gasteiger partial charge in [0.2, 0.25) is 0 Å². The van der Waals surface area contributed by atoms with Crippen LogP contribution in [0.4, 0.5) is 0 Å². The van der Waals surface area contributed by atoms with E-state index in [1.165, 1.54) is 5.56 Å². The van der Waals surface area contributed by atoms with E-state index in [-0.39, 0.29) is 0 Å². The molecule has 0 aliphatic heterocycles. The maximum Gasteiger partial charge on any atom is 0.177 e. The molecule has 3 aromatic rings. The van der Waals surface area contributed by atoms with Crippen molar-refractivity contribution in [2.45, 2.75) is 13.0 Å². The van der Waals surface area contributed by atoms with Crippen molar-refractivity contribution in [1.82, 2.24) is 14.5 Å². The molecule has 0 saturated carbocycles. The number of benzene rings is 1. The third-order valence-corrected chi connectivity index (χ3v) is 3.99. The van der Waals surface area contributed by atoms with Gasteiger partial charge in [-0.3, -0.25) is 0 Å². The van der Waals surface area contributed by atoms with Crippen LogP contribution in [0.25, 0.3) is 11.3 Å². The molecule has 5 heteroatoms. The molecule has 3 nitrogen and oxygen atoms in total. The number of nitrogens with zero attached hydrogens (tertiary/aromatic N) is 2. The molecule has 0 unspecified atom stereocenters. The van der Waals surface area contributed by atoms with Crippen molar-refractivity contribution in [1.29, 1.82) is 0 Å². The fraction of sp³-hybridized carbons (Fsp3) is 0.143. The SMILES string of the molecule is S=c1[nH]cc(-c2ccccc2)n1CCc1cscn1. The van der Waals surface area contributed by atoms with Gasteiger partial charge in [0.1, 0.15) is 0 Å². The lowest BCUT2D eigenvalue weighted by molar-refractivity contribution is 0.684. The number of imidazole rings is 1. The van der Waals surface area contributed by atoms with Gasteiger partial charge in [0.05, 0.1) is 16.9 Å². The Balaban J connectivity index is 1.89. The van der Waals surface area contributed by atoms with Crippen molar-refractivity contribution in [3.8, 4) is 11.3 Å². The summed E-state index contributed by atoms with van der Waals surface area (Å²) in [6, 6.07) is 10.3. The normalized spacial score (nSPS) is 10.7. The number of thiazole rings is 1. The first-order chi connectivity index (χ1) is 9.34. The molecular formula is C14H13N3S2. The lowest BCUT2D eigenvalue weighted by atomic mass is 10.1. The Morgan fingerprint density at radius 2 is 2.11 bits per heavy atom. The largest absolute Gasteiger partial charge is 0.337 e. The fourth-order valence-electron chi connectivity index (χ4n) is 2.05. The van der Waals surface area contributed by atoms with Crippen LogP contribution in [-0.2, 0) is 13.0 Å². The van der Waals surface area contributed by atoms with Gasteiger partial charge in [-0.2, -0.15) is 0 Å². The monoisotopic (exact) mass is 287 g/mol. The Kier molecular flexibility index (Phi) is 3.57. The minimum Gasteiger partial charge on any atom is -0.337 e. The van der Waals surface area contributed by atoms with Gasteiger partial charge in [-0.25, -0.2) is 4.98 Å². The first kappa shape index (κ1) is 12.3. The maximum absolute atomic E-state index is 5.36. The highest BCUT2D eigenvalue weighted by Gasteiger charge is 2.06. The molecule has 2 heterocycles. The van der Waals surface area contributed by atoms with E-state index in [4.69, 9.17) is 12.2 Å². The molecule has 0 aliphatic rings. The van der Waals surface area contributed by atoms with E-state index < -0.39 is 0 Å². The summed E-state index contributed by atoms with van der Waals surface area (Å²) in [5.41, 5.74) is 5.28. The number of hydrogen-bond donors (Lipinski definition) is 1. The van der Waals surface area contributed by atoms with Crippen LogP contribution >= 0.6 is 23.6 Å². The summed E-state index contributed by atoms with van der Waals surface area (Å²) in [7, 11) is 0. The van der Waals surface area contributed by atoms with E-state index in [0.717, 1.165) is 29.1 Å². The van der Waals surface area contributed by atoms with E-state index in [2.05, 4.69) is 32.0 Å². The van der Waals surface area contributed by atoms with Crippen molar-refractivity contribution in [3.63, 3.8) is 0 Å². The van der Waals surface area contributed by atoms with Crippen LogP contribution in [0.5, 0.6) is 0 Å². The molecule has 1 N–H and O–H groups in total. The minimum atomic E-state index is 0.758. The van der Waals surface area contributed by atoms with Gasteiger partial charge in [-0.1, -0.05) is 30.3 Å². The van der Waals surface area contributed by atoms with Crippen LogP contribution in [-0.4, -0.2) is 14.5 Å². The summed E-state index contributed by atoms with van der Waals surface area (Å²) in [6.07, 6.45) is 2.87. The Morgan fingerprint density at radius 3 is 2.84 bits per heavy atom. The summed E-state index contributed by atoms with van der Waals surface area (Å²) >= 11 is 6.98. The van der Waals surface area contributed by atoms with Gasteiger partial charge < -0.3 is 9.55 Å². The van der Waals surface area contributed by atoms with Gasteiger partial charge >= 0.3 is 0 Å². The summed E-state index contributed by atoms with van der Waals surface area (Å²) in [5, 5.41) is 2.08. The van der Waals surface area contributed by atoms with Crippen molar-refractivity contribution < 1.29 is 0 Å². The highest BCUT2D eigenvalue weighted by molar-refractivity contribution is 7.71. The zero-order chi connectivity index (χ0) is 13.1. The molecule has 1 aromatic carbocycles. The van der Waals surface area contributed by atoms with Gasteiger partial charge in [-0.15, -0.1) is 11.3 Å². The molecule has 0 atom stereocenters. The van der Waals surface area contributed by atoms with Crippen LogP contribution in [0.2, 0.25) is 0 Å². The fourth-order valence-corrected chi connectivity index (χ4v) is 2.89. The first-order valence-electron chi connectivity index (χ1n) is 6.05. The predicted octanol–water partition coefficient (Wildman–Crippen LogP) is 3.91. The van der Waals surface area contributed by atoms with E-state index >= 15 is 0 Å². The summed E-state index contributed by atoms with van der Waals surface area (Å²) in [4.78, 5) is 7.43. The van der Waals surface area contributed by atoms with E-state index in [9.17, 15) is 0 Å². The van der Waals surface area contributed by atoms with Crippen molar-refractivity contribution in [2.24, 2.45) is 0 Å². The maximum atomic E-state index is 5.36. The third-order valence-electron chi connectivity index (χ3n) is 3.01. The predicted molar refractivity (Wildman–Crippen MR) is 80.9 cm³/mol. The lowest BCUT2D eigenvalue weighted by Crippen LogP contribution is -2.03. The lowest BCUT2D eigenvalue weighted by Gasteiger charge is -2.07. The molecule has 96 valence electrons. The van der Waals surface area contributed by atoms with E-state index in [0.29, 0.717) is 0 Å². The summed E-state index contributed by atoms with van der Waals surface area (Å²) in [5.74, 6) is 0. The molecular weight excluding hydrogens is 274 g/mol. The zero-order valence-electron chi connectivity index (χ0n) is 10.2. The minimum absolute atomic E-state index is 0.758. The third kappa shape index (κ3) is 2.67. The molecule has 2 aromatic heterocycles. The van der Waals surface area contributed by atoms with Crippen molar-refractivity contribution >= 4 is 23.6 Å². The van der Waals surface area contributed by atoms with Crippen LogP contribution in [0.3, 0.4) is 0 Å². The number of aromatic amines is 1. The van der Waals surface area contributed by atoms with Crippen LogP contribution < -0.4 is 0 Å². The van der Waals surface area contributed by atoms with Gasteiger partial charge in [0, 0.05) is 24.5 Å². The van der Waals surface area contributed by atoms with Gasteiger partial charge in [0.15, 0.2) is 4.77 Å². The number of nitrogens with one attached hydrogen (secondary N) is 1. The number of rotatable bonds is 4. The molecule has 0 bridgehead atoms. The number of H-pyrrole nitrogens is 1. The van der Waals surface area contributed by atoms with Crippen molar-refractivity contribution in [3.05, 3.63) is 57.9 Å². The molecule has 19 heavy (non-hydrogen) atoms. The molecule has 0 radical (unpaired) electrons. The number of hydrogen-bond acceptors (Lipinski definition) is 3. The molecule has 0 aliphatic carbocycles. The second-order valence-electron chi connectivity index (χ2n) is 4.23. The molecule has 0 amide bonds. The van der Waals surface area contributed by atoms with Gasteiger partial charge in [-0.05, 0) is 17.8 Å².